The van der Waals surface area contributed by atoms with Crippen LogP contribution < -0.4 is 10.1 Å². The molecule has 3 saturated heterocycles. The van der Waals surface area contributed by atoms with Crippen LogP contribution in [0.4, 0.5) is 5.69 Å². The van der Waals surface area contributed by atoms with Crippen molar-refractivity contribution in [2.45, 2.75) is 36.8 Å². The van der Waals surface area contributed by atoms with E-state index in [1.165, 1.54) is 0 Å². The summed E-state index contributed by atoms with van der Waals surface area (Å²) in [7, 11) is 1.65. The Labute approximate surface area is 182 Å². The van der Waals surface area contributed by atoms with Gasteiger partial charge in [-0.1, -0.05) is 12.2 Å². The first-order chi connectivity index (χ1) is 14.5. The minimum Gasteiger partial charge on any atom is -0.497 e. The number of nitrogens with zero attached hydrogens (tertiary/aromatic N) is 1. The predicted molar refractivity (Wildman–Crippen MR) is 121 cm³/mol. The van der Waals surface area contributed by atoms with Gasteiger partial charge in [0.05, 0.1) is 25.0 Å². The lowest BCUT2D eigenvalue weighted by molar-refractivity contribution is -0.136. The number of carboxylic acid groups (broad SMARTS) is 1. The number of thioether (sulfide) groups is 1. The number of aliphatic hydroxyl groups excluding tert-OH is 1. The highest BCUT2D eigenvalue weighted by Gasteiger charge is 2.47. The Hall–Kier alpha value is -1.96. The third-order valence-corrected chi connectivity index (χ3v) is 7.92. The third kappa shape index (κ3) is 4.11. The maximum absolute atomic E-state index is 11.5. The molecule has 0 saturated carbocycles. The van der Waals surface area contributed by atoms with E-state index in [0.29, 0.717) is 24.1 Å². The lowest BCUT2D eigenvalue weighted by Gasteiger charge is -2.55. The number of anilines is 1. The number of piperidine rings is 3. The summed E-state index contributed by atoms with van der Waals surface area (Å²) in [6, 6.07) is 5.93. The van der Waals surface area contributed by atoms with E-state index in [0.717, 1.165) is 42.0 Å². The van der Waals surface area contributed by atoms with Gasteiger partial charge in [0, 0.05) is 36.1 Å². The molecule has 0 aromatic heterocycles. The maximum atomic E-state index is 11.5. The smallest absolute Gasteiger partial charge is 0.304 e. The molecule has 6 atom stereocenters. The average molecular weight is 431 g/mol. The van der Waals surface area contributed by atoms with E-state index >= 15 is 0 Å². The number of aliphatic carboxylic acids is 1. The van der Waals surface area contributed by atoms with Gasteiger partial charge in [0.15, 0.2) is 0 Å². The number of carboxylic acids is 1. The van der Waals surface area contributed by atoms with Gasteiger partial charge in [0.25, 0.3) is 0 Å². The number of nitrogens with one attached hydrogen (secondary N) is 1. The minimum absolute atomic E-state index is 0.0191. The Morgan fingerprint density at radius 3 is 3.00 bits per heavy atom. The van der Waals surface area contributed by atoms with Crippen LogP contribution in [0, 0.1) is 11.8 Å². The van der Waals surface area contributed by atoms with Crippen LogP contribution in [0.1, 0.15) is 24.8 Å². The van der Waals surface area contributed by atoms with Crippen LogP contribution in [0.15, 0.2) is 36.9 Å². The van der Waals surface area contributed by atoms with Crippen molar-refractivity contribution in [3.63, 3.8) is 0 Å². The largest absolute Gasteiger partial charge is 0.497 e. The first-order valence-corrected chi connectivity index (χ1v) is 11.6. The molecule has 4 aliphatic rings. The molecule has 1 aromatic rings. The van der Waals surface area contributed by atoms with E-state index in [1.807, 2.05) is 24.3 Å². The zero-order chi connectivity index (χ0) is 21.3. The second-order valence-corrected chi connectivity index (χ2v) is 9.55. The van der Waals surface area contributed by atoms with Crippen LogP contribution in [0.2, 0.25) is 0 Å². The van der Waals surface area contributed by atoms with Crippen LogP contribution in [-0.4, -0.2) is 64.6 Å². The quantitative estimate of drug-likeness (QED) is 0.546. The monoisotopic (exact) mass is 430 g/mol. The lowest BCUT2D eigenvalue weighted by atomic mass is 9.73. The van der Waals surface area contributed by atoms with Crippen molar-refractivity contribution in [2.24, 2.45) is 11.8 Å². The van der Waals surface area contributed by atoms with Gasteiger partial charge in [-0.05, 0) is 48.4 Å². The Morgan fingerprint density at radius 2 is 2.30 bits per heavy atom. The van der Waals surface area contributed by atoms with Crippen LogP contribution in [0.25, 0.3) is 5.57 Å². The van der Waals surface area contributed by atoms with Gasteiger partial charge in [-0.2, -0.15) is 0 Å². The molecule has 3 N–H and O–H groups in total. The number of aliphatic hydroxyl groups is 1. The molecule has 2 unspecified atom stereocenters. The summed E-state index contributed by atoms with van der Waals surface area (Å²) in [4.78, 5) is 13.3. The second-order valence-electron chi connectivity index (χ2n) is 8.26. The molecule has 162 valence electrons. The number of hydrogen-bond acceptors (Lipinski definition) is 6. The van der Waals surface area contributed by atoms with Crippen LogP contribution in [0.5, 0.6) is 5.75 Å². The molecule has 5 rings (SSSR count). The van der Waals surface area contributed by atoms with E-state index in [9.17, 15) is 9.90 Å². The summed E-state index contributed by atoms with van der Waals surface area (Å²) < 4.78 is 5.40. The Balaban J connectivity index is 1.56. The van der Waals surface area contributed by atoms with Crippen LogP contribution in [0.3, 0.4) is 0 Å². The Morgan fingerprint density at radius 1 is 1.47 bits per heavy atom. The summed E-state index contributed by atoms with van der Waals surface area (Å²) in [6.45, 7) is 5.58. The van der Waals surface area contributed by atoms with E-state index < -0.39 is 12.1 Å². The predicted octanol–water partition coefficient (Wildman–Crippen LogP) is 3.30. The van der Waals surface area contributed by atoms with Gasteiger partial charge in [-0.15, -0.1) is 18.3 Å². The number of carbonyl (C=O) groups is 1. The summed E-state index contributed by atoms with van der Waals surface area (Å²) >= 11 is 1.71. The molecular weight excluding hydrogens is 400 g/mol. The van der Waals surface area contributed by atoms with Crippen molar-refractivity contribution < 1.29 is 19.7 Å². The molecule has 3 fully saturated rings. The van der Waals surface area contributed by atoms with E-state index in [4.69, 9.17) is 9.84 Å². The van der Waals surface area contributed by atoms with Crippen molar-refractivity contribution >= 4 is 29.0 Å². The van der Waals surface area contributed by atoms with Crippen molar-refractivity contribution in [1.82, 2.24) is 4.90 Å². The molecule has 4 aliphatic heterocycles. The molecule has 7 heteroatoms. The summed E-state index contributed by atoms with van der Waals surface area (Å²) in [5, 5.41) is 24.1. The lowest BCUT2D eigenvalue weighted by Crippen LogP contribution is -2.60. The topological polar surface area (TPSA) is 82.0 Å². The zero-order valence-corrected chi connectivity index (χ0v) is 18.1. The summed E-state index contributed by atoms with van der Waals surface area (Å²) in [5.74, 6) is 1.51. The number of hydrogen-bond donors (Lipinski definition) is 3. The van der Waals surface area contributed by atoms with Crippen molar-refractivity contribution in [3.05, 3.63) is 42.5 Å². The van der Waals surface area contributed by atoms with Gasteiger partial charge in [0.2, 0.25) is 0 Å². The fraction of sp³-hybridized carbons (Fsp3) is 0.522. The third-order valence-electron chi connectivity index (χ3n) is 6.64. The molecule has 2 bridgehead atoms. The maximum Gasteiger partial charge on any atom is 0.304 e. The molecule has 0 radical (unpaired) electrons. The van der Waals surface area contributed by atoms with Gasteiger partial charge in [-0.3, -0.25) is 9.69 Å². The van der Waals surface area contributed by atoms with E-state index in [2.05, 4.69) is 22.9 Å². The van der Waals surface area contributed by atoms with Crippen LogP contribution >= 0.6 is 11.8 Å². The highest BCUT2D eigenvalue weighted by atomic mass is 32.2. The minimum atomic E-state index is -0.760. The number of fused-ring (bicyclic) bond motifs is 4. The molecule has 6 nitrogen and oxygen atoms in total. The SMILES string of the molecule is C=C[C@H]1CN2C(SCCC(=O)O)C[C@@H]1C[C@@H]2[C@@H](O)C1=CCNc2ccc(OC)cc21. The molecular formula is C23H30N2O4S. The molecule has 0 spiro atoms. The average Bonchev–Trinajstić information content (AvgIpc) is 2.77. The van der Waals surface area contributed by atoms with E-state index in [-0.39, 0.29) is 17.8 Å². The standard InChI is InChI=1S/C23H30N2O4S/c1-3-14-13-25-20(10-15(14)11-21(25)30-9-7-22(26)27)23(28)17-6-8-24-19-5-4-16(29-2)12-18(17)19/h3-6,12,14-15,20-21,23-24,28H,1,7-11,13H2,2H3,(H,26,27)/t14-,15-,20+,21?,23-/m0/s1. The highest BCUT2D eigenvalue weighted by molar-refractivity contribution is 7.99. The van der Waals surface area contributed by atoms with Crippen molar-refractivity contribution in [1.29, 1.82) is 0 Å². The number of rotatable bonds is 8. The van der Waals surface area contributed by atoms with E-state index in [1.54, 1.807) is 18.9 Å². The van der Waals surface area contributed by atoms with Gasteiger partial charge in [0.1, 0.15) is 5.75 Å². The highest BCUT2D eigenvalue weighted by Crippen LogP contribution is 2.47. The molecule has 0 amide bonds. The Kier molecular flexibility index (Phi) is 6.41. The summed E-state index contributed by atoms with van der Waals surface area (Å²) in [6.07, 6.45) is 5.64. The van der Waals surface area contributed by atoms with Crippen molar-refractivity contribution in [3.8, 4) is 5.75 Å². The number of benzene rings is 1. The fourth-order valence-electron chi connectivity index (χ4n) is 5.08. The fourth-order valence-corrected chi connectivity index (χ4v) is 6.46. The first-order valence-electron chi connectivity index (χ1n) is 10.5. The Bertz CT molecular complexity index is 842. The second kappa shape index (κ2) is 9.04. The molecule has 30 heavy (non-hydrogen) atoms. The molecule has 4 heterocycles. The number of ether oxygens (including phenoxy) is 1. The van der Waals surface area contributed by atoms with Gasteiger partial charge >= 0.3 is 5.97 Å². The van der Waals surface area contributed by atoms with Gasteiger partial charge in [-0.25, -0.2) is 0 Å². The zero-order valence-electron chi connectivity index (χ0n) is 17.3. The number of methoxy groups -OCH3 is 1. The van der Waals surface area contributed by atoms with Gasteiger partial charge < -0.3 is 20.3 Å². The van der Waals surface area contributed by atoms with Crippen LogP contribution in [-0.2, 0) is 4.79 Å². The molecule has 0 aliphatic carbocycles. The molecule has 1 aromatic carbocycles. The normalized spacial score (nSPS) is 30.6. The summed E-state index contributed by atoms with van der Waals surface area (Å²) in [5.41, 5.74) is 2.95. The first kappa shape index (κ1) is 21.3. The van der Waals surface area contributed by atoms with Crippen molar-refractivity contribution in [2.75, 3.05) is 31.3 Å².